The molecule has 26 heavy (non-hydrogen) atoms. The summed E-state index contributed by atoms with van der Waals surface area (Å²) < 4.78 is 16.2. The lowest BCUT2D eigenvalue weighted by molar-refractivity contribution is 0.324. The molecular formula is C19H20N4O3. The van der Waals surface area contributed by atoms with Crippen molar-refractivity contribution in [3.63, 3.8) is 0 Å². The molecule has 1 aromatic carbocycles. The summed E-state index contributed by atoms with van der Waals surface area (Å²) in [4.78, 5) is 13.2. The van der Waals surface area contributed by atoms with Crippen LogP contribution in [0.2, 0.25) is 0 Å². The van der Waals surface area contributed by atoms with Crippen LogP contribution in [0.15, 0.2) is 48.9 Å². The van der Waals surface area contributed by atoms with Crippen molar-refractivity contribution in [2.75, 3.05) is 26.6 Å². The number of aromatic nitrogens is 3. The van der Waals surface area contributed by atoms with E-state index >= 15 is 0 Å². The summed E-state index contributed by atoms with van der Waals surface area (Å²) in [6.07, 6.45) is 5.04. The van der Waals surface area contributed by atoms with Gasteiger partial charge in [0.25, 0.3) is 0 Å². The number of ether oxygens (including phenoxy) is 3. The molecule has 0 aliphatic rings. The zero-order valence-corrected chi connectivity index (χ0v) is 14.9. The van der Waals surface area contributed by atoms with Gasteiger partial charge in [-0.2, -0.15) is 0 Å². The van der Waals surface area contributed by atoms with Crippen LogP contribution in [0, 0.1) is 0 Å². The first kappa shape index (κ1) is 17.5. The number of methoxy groups -OCH3 is 3. The van der Waals surface area contributed by atoms with E-state index in [-0.39, 0.29) is 0 Å². The summed E-state index contributed by atoms with van der Waals surface area (Å²) in [6.45, 7) is 0.539. The van der Waals surface area contributed by atoms with Crippen LogP contribution in [-0.2, 0) is 6.54 Å². The van der Waals surface area contributed by atoms with Crippen LogP contribution in [-0.4, -0.2) is 36.3 Å². The van der Waals surface area contributed by atoms with Crippen LogP contribution in [0.4, 0.5) is 5.82 Å². The second kappa shape index (κ2) is 8.15. The molecule has 0 saturated heterocycles. The van der Waals surface area contributed by atoms with Crippen LogP contribution >= 0.6 is 0 Å². The van der Waals surface area contributed by atoms with Gasteiger partial charge in [-0.15, -0.1) is 0 Å². The van der Waals surface area contributed by atoms with Crippen molar-refractivity contribution in [3.05, 3.63) is 54.6 Å². The lowest BCUT2D eigenvalue weighted by Crippen LogP contribution is -2.05. The summed E-state index contributed by atoms with van der Waals surface area (Å²) in [7, 11) is 4.73. The molecular weight excluding hydrogens is 332 g/mol. The van der Waals surface area contributed by atoms with Crippen molar-refractivity contribution in [1.29, 1.82) is 0 Å². The first-order valence-electron chi connectivity index (χ1n) is 8.02. The highest BCUT2D eigenvalue weighted by Gasteiger charge is 2.17. The van der Waals surface area contributed by atoms with E-state index in [9.17, 15) is 0 Å². The fourth-order valence-corrected chi connectivity index (χ4v) is 2.57. The van der Waals surface area contributed by atoms with Crippen LogP contribution in [0.3, 0.4) is 0 Å². The lowest BCUT2D eigenvalue weighted by Gasteiger charge is -2.15. The maximum atomic E-state index is 5.43. The molecule has 0 fully saturated rings. The fourth-order valence-electron chi connectivity index (χ4n) is 2.57. The zero-order valence-electron chi connectivity index (χ0n) is 14.9. The Morgan fingerprint density at radius 2 is 1.58 bits per heavy atom. The average molecular weight is 352 g/mol. The van der Waals surface area contributed by atoms with Gasteiger partial charge in [0.05, 0.1) is 33.6 Å². The summed E-state index contributed by atoms with van der Waals surface area (Å²) in [5, 5.41) is 3.28. The van der Waals surface area contributed by atoms with E-state index in [0.29, 0.717) is 35.3 Å². The van der Waals surface area contributed by atoms with Gasteiger partial charge < -0.3 is 19.5 Å². The Morgan fingerprint density at radius 1 is 0.846 bits per heavy atom. The standard InChI is InChI=1S/C19H20N4O3/c1-24-15-10-13(11-16(25-2)18(15)26-3)17-19(22-9-8-21-17)23-12-14-6-4-5-7-20-14/h4-11H,12H2,1-3H3,(H,22,23). The highest BCUT2D eigenvalue weighted by atomic mass is 16.5. The third-order valence-electron chi connectivity index (χ3n) is 3.80. The Labute approximate surface area is 152 Å². The van der Waals surface area contributed by atoms with Gasteiger partial charge in [-0.3, -0.25) is 9.97 Å². The first-order valence-corrected chi connectivity index (χ1v) is 8.02. The molecule has 0 unspecified atom stereocenters. The molecule has 1 N–H and O–H groups in total. The summed E-state index contributed by atoms with van der Waals surface area (Å²) in [5.74, 6) is 2.30. The van der Waals surface area contributed by atoms with Gasteiger partial charge in [-0.05, 0) is 24.3 Å². The number of hydrogen-bond acceptors (Lipinski definition) is 7. The van der Waals surface area contributed by atoms with Crippen LogP contribution in [0.5, 0.6) is 17.2 Å². The van der Waals surface area contributed by atoms with Gasteiger partial charge in [0.2, 0.25) is 5.75 Å². The quantitative estimate of drug-likeness (QED) is 0.699. The first-order chi connectivity index (χ1) is 12.8. The minimum atomic E-state index is 0.533. The van der Waals surface area contributed by atoms with Gasteiger partial charge >= 0.3 is 0 Å². The number of nitrogens with zero attached hydrogens (tertiary/aromatic N) is 3. The monoisotopic (exact) mass is 352 g/mol. The maximum Gasteiger partial charge on any atom is 0.203 e. The normalized spacial score (nSPS) is 10.3. The number of pyridine rings is 1. The topological polar surface area (TPSA) is 78.4 Å². The Kier molecular flexibility index (Phi) is 5.48. The molecule has 0 aliphatic heterocycles. The van der Waals surface area contributed by atoms with Gasteiger partial charge in [0.1, 0.15) is 5.69 Å². The highest BCUT2D eigenvalue weighted by Crippen LogP contribution is 2.41. The zero-order chi connectivity index (χ0) is 18.4. The Morgan fingerprint density at radius 3 is 2.19 bits per heavy atom. The van der Waals surface area contributed by atoms with Crippen molar-refractivity contribution in [1.82, 2.24) is 15.0 Å². The minimum absolute atomic E-state index is 0.533. The Bertz CT molecular complexity index is 847. The predicted octanol–water partition coefficient (Wildman–Crippen LogP) is 3.18. The minimum Gasteiger partial charge on any atom is -0.493 e. The molecule has 7 heteroatoms. The van der Waals surface area contributed by atoms with Crippen molar-refractivity contribution in [2.24, 2.45) is 0 Å². The van der Waals surface area contributed by atoms with Gasteiger partial charge in [0, 0.05) is 24.2 Å². The number of hydrogen-bond donors (Lipinski definition) is 1. The molecule has 0 atom stereocenters. The number of nitrogens with one attached hydrogen (secondary N) is 1. The molecule has 134 valence electrons. The van der Waals surface area contributed by atoms with Gasteiger partial charge in [-0.1, -0.05) is 6.07 Å². The van der Waals surface area contributed by atoms with Gasteiger partial charge in [-0.25, -0.2) is 4.98 Å². The van der Waals surface area contributed by atoms with E-state index < -0.39 is 0 Å². The maximum absolute atomic E-state index is 5.43. The molecule has 2 heterocycles. The molecule has 2 aromatic heterocycles. The molecule has 0 spiro atoms. The number of benzene rings is 1. The molecule has 3 aromatic rings. The number of anilines is 1. The van der Waals surface area contributed by atoms with E-state index in [1.54, 1.807) is 39.9 Å². The Hall–Kier alpha value is -3.35. The van der Waals surface area contributed by atoms with Crippen LogP contribution in [0.25, 0.3) is 11.3 Å². The molecule has 0 bridgehead atoms. The largest absolute Gasteiger partial charge is 0.493 e. The lowest BCUT2D eigenvalue weighted by atomic mass is 10.1. The number of rotatable bonds is 7. The molecule has 0 saturated carbocycles. The second-order valence-corrected chi connectivity index (χ2v) is 5.34. The van der Waals surface area contributed by atoms with Crippen molar-refractivity contribution in [2.45, 2.75) is 6.54 Å². The molecule has 3 rings (SSSR count). The summed E-state index contributed by atoms with van der Waals surface area (Å²) >= 11 is 0. The predicted molar refractivity (Wildman–Crippen MR) is 98.7 cm³/mol. The van der Waals surface area contributed by atoms with E-state index in [0.717, 1.165) is 11.3 Å². The molecule has 0 amide bonds. The van der Waals surface area contributed by atoms with Crippen LogP contribution < -0.4 is 19.5 Å². The van der Waals surface area contributed by atoms with E-state index in [2.05, 4.69) is 20.3 Å². The van der Waals surface area contributed by atoms with E-state index in [4.69, 9.17) is 14.2 Å². The summed E-state index contributed by atoms with van der Waals surface area (Å²) in [6, 6.07) is 9.46. The third kappa shape index (κ3) is 3.66. The van der Waals surface area contributed by atoms with Crippen molar-refractivity contribution in [3.8, 4) is 28.5 Å². The second-order valence-electron chi connectivity index (χ2n) is 5.34. The molecule has 7 nitrogen and oxygen atoms in total. The smallest absolute Gasteiger partial charge is 0.203 e. The van der Waals surface area contributed by atoms with E-state index in [1.807, 2.05) is 30.3 Å². The average Bonchev–Trinajstić information content (AvgIpc) is 2.72. The summed E-state index contributed by atoms with van der Waals surface area (Å²) in [5.41, 5.74) is 2.40. The third-order valence-corrected chi connectivity index (χ3v) is 3.80. The fraction of sp³-hybridized carbons (Fsp3) is 0.211. The van der Waals surface area contributed by atoms with Crippen molar-refractivity contribution >= 4 is 5.82 Å². The van der Waals surface area contributed by atoms with Gasteiger partial charge in [0.15, 0.2) is 17.3 Å². The SMILES string of the molecule is COc1cc(-c2nccnc2NCc2ccccn2)cc(OC)c1OC. The van der Waals surface area contributed by atoms with Crippen molar-refractivity contribution < 1.29 is 14.2 Å². The highest BCUT2D eigenvalue weighted by molar-refractivity contribution is 5.75. The molecule has 0 aliphatic carbocycles. The molecule has 0 radical (unpaired) electrons. The van der Waals surface area contributed by atoms with E-state index in [1.165, 1.54) is 0 Å². The Balaban J connectivity index is 1.97. The van der Waals surface area contributed by atoms with Crippen LogP contribution in [0.1, 0.15) is 5.69 Å².